The van der Waals surface area contributed by atoms with Crippen molar-refractivity contribution in [3.8, 4) is 5.75 Å². The Morgan fingerprint density at radius 2 is 2.00 bits per heavy atom. The van der Waals surface area contributed by atoms with E-state index in [4.69, 9.17) is 32.7 Å². The molecule has 106 valence electrons. The summed E-state index contributed by atoms with van der Waals surface area (Å²) < 4.78 is 11.7. The van der Waals surface area contributed by atoms with Crippen LogP contribution in [0.15, 0.2) is 18.2 Å². The number of hydrogen-bond acceptors (Lipinski definition) is 3. The Morgan fingerprint density at radius 3 is 2.58 bits per heavy atom. The third kappa shape index (κ3) is 3.34. The smallest absolute Gasteiger partial charge is 0.157 e. The lowest BCUT2D eigenvalue weighted by atomic mass is 9.85. The minimum absolute atomic E-state index is 0.00130. The zero-order valence-electron chi connectivity index (χ0n) is 11.2. The fraction of sp³-hybridized carbons (Fsp3) is 0.571. The molecule has 19 heavy (non-hydrogen) atoms. The van der Waals surface area contributed by atoms with Crippen LogP contribution in [0.4, 0.5) is 0 Å². The summed E-state index contributed by atoms with van der Waals surface area (Å²) in [5.74, 6) is 0.551. The molecule has 3 unspecified atom stereocenters. The lowest BCUT2D eigenvalue weighted by molar-refractivity contribution is -0.106. The van der Waals surface area contributed by atoms with E-state index in [1.807, 2.05) is 7.05 Å². The normalized spacial score (nSPS) is 26.0. The Labute approximate surface area is 124 Å². The van der Waals surface area contributed by atoms with E-state index in [-0.39, 0.29) is 12.2 Å². The van der Waals surface area contributed by atoms with Crippen LogP contribution in [-0.2, 0) is 4.74 Å². The molecule has 0 saturated heterocycles. The number of para-hydroxylation sites is 1. The van der Waals surface area contributed by atoms with Gasteiger partial charge in [-0.2, -0.15) is 0 Å². The van der Waals surface area contributed by atoms with Gasteiger partial charge < -0.3 is 14.8 Å². The molecule has 3 nitrogen and oxygen atoms in total. The van der Waals surface area contributed by atoms with Gasteiger partial charge in [-0.1, -0.05) is 36.2 Å². The molecule has 1 aliphatic rings. The number of likely N-dealkylation sites (N-methyl/N-ethyl adjacent to an activating group) is 1. The van der Waals surface area contributed by atoms with Crippen molar-refractivity contribution in [1.82, 2.24) is 5.32 Å². The van der Waals surface area contributed by atoms with Gasteiger partial charge in [0.15, 0.2) is 5.75 Å². The minimum atomic E-state index is 0.00130. The van der Waals surface area contributed by atoms with Crippen LogP contribution in [0.5, 0.6) is 5.75 Å². The summed E-state index contributed by atoms with van der Waals surface area (Å²) in [5, 5.41) is 4.31. The monoisotopic (exact) mass is 303 g/mol. The average Bonchev–Trinajstić information content (AvgIpc) is 2.37. The third-order valence-corrected chi connectivity index (χ3v) is 3.92. The van der Waals surface area contributed by atoms with Crippen molar-refractivity contribution in [2.75, 3.05) is 13.7 Å². The summed E-state index contributed by atoms with van der Waals surface area (Å²) in [6, 6.07) is 5.69. The SMILES string of the molecule is CCCOC1C(NC)CC1Oc1c(Cl)cccc1Cl. The predicted molar refractivity (Wildman–Crippen MR) is 78.4 cm³/mol. The molecule has 0 heterocycles. The Hall–Kier alpha value is -0.480. The van der Waals surface area contributed by atoms with Crippen LogP contribution in [-0.4, -0.2) is 31.9 Å². The van der Waals surface area contributed by atoms with E-state index in [1.165, 1.54) is 0 Å². The summed E-state index contributed by atoms with van der Waals surface area (Å²) in [5.41, 5.74) is 0. The molecule has 0 aliphatic heterocycles. The Morgan fingerprint density at radius 1 is 1.32 bits per heavy atom. The van der Waals surface area contributed by atoms with Crippen molar-refractivity contribution in [2.45, 2.75) is 38.0 Å². The first-order valence-electron chi connectivity index (χ1n) is 6.57. The average molecular weight is 304 g/mol. The van der Waals surface area contributed by atoms with Gasteiger partial charge in [0.1, 0.15) is 12.2 Å². The van der Waals surface area contributed by atoms with Gasteiger partial charge in [0.2, 0.25) is 0 Å². The maximum absolute atomic E-state index is 6.11. The fourth-order valence-corrected chi connectivity index (χ4v) is 2.69. The summed E-state index contributed by atoms with van der Waals surface area (Å²) in [6.45, 7) is 2.83. The molecular formula is C14H19Cl2NO2. The summed E-state index contributed by atoms with van der Waals surface area (Å²) in [7, 11) is 1.94. The van der Waals surface area contributed by atoms with Crippen molar-refractivity contribution < 1.29 is 9.47 Å². The van der Waals surface area contributed by atoms with E-state index in [0.29, 0.717) is 21.8 Å². The molecule has 3 atom stereocenters. The second kappa shape index (κ2) is 6.80. The molecule has 1 saturated carbocycles. The van der Waals surface area contributed by atoms with Gasteiger partial charge in [-0.15, -0.1) is 0 Å². The highest BCUT2D eigenvalue weighted by atomic mass is 35.5. The van der Waals surface area contributed by atoms with Crippen molar-refractivity contribution in [3.05, 3.63) is 28.2 Å². The molecular weight excluding hydrogens is 285 g/mol. The van der Waals surface area contributed by atoms with E-state index in [2.05, 4.69) is 12.2 Å². The second-order valence-corrected chi connectivity index (χ2v) is 5.49. The first-order chi connectivity index (χ1) is 9.17. The molecule has 5 heteroatoms. The van der Waals surface area contributed by atoms with Crippen LogP contribution >= 0.6 is 23.2 Å². The molecule has 0 amide bonds. The van der Waals surface area contributed by atoms with E-state index in [1.54, 1.807) is 18.2 Å². The Bertz CT molecular complexity index is 408. The van der Waals surface area contributed by atoms with Gasteiger partial charge in [0, 0.05) is 19.1 Å². The van der Waals surface area contributed by atoms with E-state index in [9.17, 15) is 0 Å². The van der Waals surface area contributed by atoms with Crippen molar-refractivity contribution in [2.24, 2.45) is 0 Å². The zero-order valence-corrected chi connectivity index (χ0v) is 12.7. The van der Waals surface area contributed by atoms with Crippen LogP contribution in [0, 0.1) is 0 Å². The molecule has 1 aliphatic carbocycles. The van der Waals surface area contributed by atoms with Gasteiger partial charge in [-0.05, 0) is 25.6 Å². The highest BCUT2D eigenvalue weighted by Crippen LogP contribution is 2.37. The fourth-order valence-electron chi connectivity index (χ4n) is 2.20. The lowest BCUT2D eigenvalue weighted by Crippen LogP contribution is -2.60. The van der Waals surface area contributed by atoms with Crippen LogP contribution in [0.25, 0.3) is 0 Å². The van der Waals surface area contributed by atoms with Crippen molar-refractivity contribution in [1.29, 1.82) is 0 Å². The van der Waals surface area contributed by atoms with Gasteiger partial charge in [0.25, 0.3) is 0 Å². The highest BCUT2D eigenvalue weighted by molar-refractivity contribution is 6.37. The van der Waals surface area contributed by atoms with Gasteiger partial charge in [-0.25, -0.2) is 0 Å². The van der Waals surface area contributed by atoms with Gasteiger partial charge >= 0.3 is 0 Å². The van der Waals surface area contributed by atoms with Crippen LogP contribution < -0.4 is 10.1 Å². The number of benzene rings is 1. The number of hydrogen-bond donors (Lipinski definition) is 1. The molecule has 1 aromatic rings. The minimum Gasteiger partial charge on any atom is -0.484 e. The second-order valence-electron chi connectivity index (χ2n) is 4.67. The Balaban J connectivity index is 2.02. The van der Waals surface area contributed by atoms with E-state index in [0.717, 1.165) is 19.4 Å². The highest BCUT2D eigenvalue weighted by Gasteiger charge is 2.43. The maximum Gasteiger partial charge on any atom is 0.157 e. The number of ether oxygens (including phenoxy) is 2. The first kappa shape index (κ1) is 14.9. The maximum atomic E-state index is 6.11. The summed E-state index contributed by atoms with van der Waals surface area (Å²) >= 11 is 12.2. The number of nitrogens with one attached hydrogen (secondary N) is 1. The van der Waals surface area contributed by atoms with Crippen LogP contribution in [0.2, 0.25) is 10.0 Å². The van der Waals surface area contributed by atoms with Crippen LogP contribution in [0.3, 0.4) is 0 Å². The number of rotatable bonds is 6. The summed E-state index contributed by atoms with van der Waals surface area (Å²) in [4.78, 5) is 0. The van der Waals surface area contributed by atoms with Crippen LogP contribution in [0.1, 0.15) is 19.8 Å². The largest absolute Gasteiger partial charge is 0.484 e. The first-order valence-corrected chi connectivity index (χ1v) is 7.32. The zero-order chi connectivity index (χ0) is 13.8. The van der Waals surface area contributed by atoms with E-state index >= 15 is 0 Å². The third-order valence-electron chi connectivity index (χ3n) is 3.32. The topological polar surface area (TPSA) is 30.5 Å². The molecule has 1 N–H and O–H groups in total. The van der Waals surface area contributed by atoms with Gasteiger partial charge in [0.05, 0.1) is 10.0 Å². The Kier molecular flexibility index (Phi) is 5.34. The molecule has 2 rings (SSSR count). The molecule has 1 fully saturated rings. The van der Waals surface area contributed by atoms with Gasteiger partial charge in [-0.3, -0.25) is 0 Å². The standard InChI is InChI=1S/C14H19Cl2NO2/c1-3-7-18-14-11(17-2)8-12(14)19-13-9(15)5-4-6-10(13)16/h4-6,11-12,14,17H,3,7-8H2,1-2H3. The predicted octanol–water partition coefficient (Wildman–Crippen LogP) is 3.53. The molecule has 1 aromatic carbocycles. The molecule has 0 bridgehead atoms. The lowest BCUT2D eigenvalue weighted by Gasteiger charge is -2.43. The molecule has 0 radical (unpaired) electrons. The van der Waals surface area contributed by atoms with Crippen molar-refractivity contribution in [3.63, 3.8) is 0 Å². The summed E-state index contributed by atoms with van der Waals surface area (Å²) in [6.07, 6.45) is 1.94. The van der Waals surface area contributed by atoms with E-state index < -0.39 is 0 Å². The molecule has 0 aromatic heterocycles. The number of halogens is 2. The quantitative estimate of drug-likeness (QED) is 0.872. The molecule has 0 spiro atoms. The van der Waals surface area contributed by atoms with Crippen molar-refractivity contribution >= 4 is 23.2 Å².